The average Bonchev–Trinajstić information content (AvgIpc) is 2.19. The summed E-state index contributed by atoms with van der Waals surface area (Å²) < 4.78 is 5.23. The van der Waals surface area contributed by atoms with Crippen LogP contribution in [-0.4, -0.2) is 41.3 Å². The first-order valence-corrected chi connectivity index (χ1v) is 5.92. The molecule has 0 aliphatic carbocycles. The van der Waals surface area contributed by atoms with Gasteiger partial charge in [0.1, 0.15) is 6.04 Å². The summed E-state index contributed by atoms with van der Waals surface area (Å²) in [6, 6.07) is -0.706. The van der Waals surface area contributed by atoms with Crippen LogP contribution in [-0.2, 0) is 9.53 Å². The Balaban J connectivity index is 2.05. The molecule has 1 unspecified atom stereocenters. The van der Waals surface area contributed by atoms with E-state index >= 15 is 0 Å². The number of hydrogen-bond donors (Lipinski definition) is 2. The van der Waals surface area contributed by atoms with E-state index in [1.807, 2.05) is 11.8 Å². The zero-order valence-electron chi connectivity index (χ0n) is 8.15. The molecule has 1 aliphatic rings. The SMILES string of the molecule is NC(CCSC1CCOCC1)C(=O)O. The maximum atomic E-state index is 10.4. The Labute approximate surface area is 88.2 Å². The third-order valence-electron chi connectivity index (χ3n) is 2.27. The molecule has 0 spiro atoms. The average molecular weight is 219 g/mol. The van der Waals surface area contributed by atoms with E-state index in [4.69, 9.17) is 15.6 Å². The predicted molar refractivity (Wildman–Crippen MR) is 56.5 cm³/mol. The summed E-state index contributed by atoms with van der Waals surface area (Å²) >= 11 is 1.82. The Morgan fingerprint density at radius 2 is 2.21 bits per heavy atom. The Kier molecular flexibility index (Phi) is 5.29. The van der Waals surface area contributed by atoms with Crippen molar-refractivity contribution in [1.29, 1.82) is 0 Å². The quantitative estimate of drug-likeness (QED) is 0.712. The Bertz CT molecular complexity index is 183. The lowest BCUT2D eigenvalue weighted by Gasteiger charge is -2.21. The van der Waals surface area contributed by atoms with E-state index < -0.39 is 12.0 Å². The van der Waals surface area contributed by atoms with Crippen LogP contribution in [0.2, 0.25) is 0 Å². The van der Waals surface area contributed by atoms with Gasteiger partial charge < -0.3 is 15.6 Å². The third kappa shape index (κ3) is 4.30. The highest BCUT2D eigenvalue weighted by Gasteiger charge is 2.16. The molecule has 82 valence electrons. The lowest BCUT2D eigenvalue weighted by molar-refractivity contribution is -0.138. The van der Waals surface area contributed by atoms with Crippen molar-refractivity contribution in [3.05, 3.63) is 0 Å². The first-order chi connectivity index (χ1) is 6.70. The van der Waals surface area contributed by atoms with Crippen molar-refractivity contribution in [2.24, 2.45) is 5.73 Å². The number of nitrogens with two attached hydrogens (primary N) is 1. The maximum Gasteiger partial charge on any atom is 0.320 e. The fraction of sp³-hybridized carbons (Fsp3) is 0.889. The molecule has 0 aromatic rings. The number of ether oxygens (including phenoxy) is 1. The highest BCUT2D eigenvalue weighted by Crippen LogP contribution is 2.22. The lowest BCUT2D eigenvalue weighted by atomic mass is 10.2. The van der Waals surface area contributed by atoms with Gasteiger partial charge in [0, 0.05) is 18.5 Å². The van der Waals surface area contributed by atoms with Gasteiger partial charge in [-0.3, -0.25) is 4.79 Å². The number of rotatable bonds is 5. The van der Waals surface area contributed by atoms with Crippen molar-refractivity contribution in [2.75, 3.05) is 19.0 Å². The van der Waals surface area contributed by atoms with Crippen LogP contribution < -0.4 is 5.73 Å². The monoisotopic (exact) mass is 219 g/mol. The van der Waals surface area contributed by atoms with E-state index in [9.17, 15) is 4.79 Å². The first-order valence-electron chi connectivity index (χ1n) is 4.88. The molecule has 0 aromatic carbocycles. The van der Waals surface area contributed by atoms with Crippen molar-refractivity contribution in [2.45, 2.75) is 30.6 Å². The number of carboxylic acid groups (broad SMARTS) is 1. The third-order valence-corrected chi connectivity index (χ3v) is 3.68. The minimum Gasteiger partial charge on any atom is -0.480 e. The van der Waals surface area contributed by atoms with Crippen LogP contribution in [0.25, 0.3) is 0 Å². The molecule has 0 aromatic heterocycles. The fourth-order valence-electron chi connectivity index (χ4n) is 1.33. The normalized spacial score (nSPS) is 20.6. The van der Waals surface area contributed by atoms with E-state index in [1.54, 1.807) is 0 Å². The molecule has 4 nitrogen and oxygen atoms in total. The number of aliphatic carboxylic acids is 1. The van der Waals surface area contributed by atoms with Crippen LogP contribution in [0.3, 0.4) is 0 Å². The summed E-state index contributed by atoms with van der Waals surface area (Å²) in [4.78, 5) is 10.4. The van der Waals surface area contributed by atoms with Gasteiger partial charge in [-0.05, 0) is 25.0 Å². The molecule has 3 N–H and O–H groups in total. The van der Waals surface area contributed by atoms with Crippen molar-refractivity contribution in [3.8, 4) is 0 Å². The van der Waals surface area contributed by atoms with Gasteiger partial charge in [-0.15, -0.1) is 0 Å². The molecule has 0 bridgehead atoms. The summed E-state index contributed by atoms with van der Waals surface area (Å²) in [5.74, 6) is -0.0735. The fourth-order valence-corrected chi connectivity index (χ4v) is 2.58. The van der Waals surface area contributed by atoms with E-state index in [0.29, 0.717) is 11.7 Å². The molecule has 1 saturated heterocycles. The van der Waals surface area contributed by atoms with Crippen LogP contribution in [0.4, 0.5) is 0 Å². The van der Waals surface area contributed by atoms with Gasteiger partial charge in [0.05, 0.1) is 0 Å². The Morgan fingerprint density at radius 3 is 2.79 bits per heavy atom. The number of hydrogen-bond acceptors (Lipinski definition) is 4. The molecule has 14 heavy (non-hydrogen) atoms. The van der Waals surface area contributed by atoms with Gasteiger partial charge in [-0.2, -0.15) is 11.8 Å². The molecular formula is C9H17NO3S. The molecule has 1 fully saturated rings. The van der Waals surface area contributed by atoms with E-state index in [-0.39, 0.29) is 0 Å². The first kappa shape index (κ1) is 11.8. The summed E-state index contributed by atoms with van der Waals surface area (Å²) in [7, 11) is 0. The topological polar surface area (TPSA) is 72.5 Å². The molecule has 0 saturated carbocycles. The van der Waals surface area contributed by atoms with Gasteiger partial charge in [-0.25, -0.2) is 0 Å². The molecule has 1 atom stereocenters. The highest BCUT2D eigenvalue weighted by molar-refractivity contribution is 7.99. The van der Waals surface area contributed by atoms with Gasteiger partial charge in [-0.1, -0.05) is 0 Å². The van der Waals surface area contributed by atoms with Crippen LogP contribution in [0.15, 0.2) is 0 Å². The van der Waals surface area contributed by atoms with Crippen LogP contribution in [0.1, 0.15) is 19.3 Å². The zero-order valence-corrected chi connectivity index (χ0v) is 8.96. The van der Waals surface area contributed by atoms with Crippen molar-refractivity contribution >= 4 is 17.7 Å². The number of carbonyl (C=O) groups is 1. The summed E-state index contributed by atoms with van der Waals surface area (Å²) in [6.07, 6.45) is 2.71. The molecule has 0 radical (unpaired) electrons. The van der Waals surface area contributed by atoms with Crippen molar-refractivity contribution < 1.29 is 14.6 Å². The second-order valence-electron chi connectivity index (χ2n) is 3.42. The lowest BCUT2D eigenvalue weighted by Crippen LogP contribution is -2.30. The maximum absolute atomic E-state index is 10.4. The smallest absolute Gasteiger partial charge is 0.320 e. The number of thioether (sulfide) groups is 1. The highest BCUT2D eigenvalue weighted by atomic mass is 32.2. The standard InChI is InChI=1S/C9H17NO3S/c10-8(9(11)12)3-6-14-7-1-4-13-5-2-7/h7-8H,1-6,10H2,(H,11,12). The molecule has 1 aliphatic heterocycles. The largest absolute Gasteiger partial charge is 0.480 e. The summed E-state index contributed by atoms with van der Waals surface area (Å²) in [5, 5.41) is 9.19. The van der Waals surface area contributed by atoms with Gasteiger partial charge >= 0.3 is 5.97 Å². The molecule has 1 heterocycles. The van der Waals surface area contributed by atoms with Crippen LogP contribution >= 0.6 is 11.8 Å². The second kappa shape index (κ2) is 6.27. The minimum atomic E-state index is -0.905. The predicted octanol–water partition coefficient (Wildman–Crippen LogP) is 0.701. The zero-order chi connectivity index (χ0) is 10.4. The van der Waals surface area contributed by atoms with Gasteiger partial charge in [0.2, 0.25) is 0 Å². The molecule has 5 heteroatoms. The summed E-state index contributed by atoms with van der Waals surface area (Å²) in [6.45, 7) is 1.67. The van der Waals surface area contributed by atoms with Crippen LogP contribution in [0.5, 0.6) is 0 Å². The van der Waals surface area contributed by atoms with E-state index in [2.05, 4.69) is 0 Å². The van der Waals surface area contributed by atoms with Crippen LogP contribution in [0, 0.1) is 0 Å². The van der Waals surface area contributed by atoms with Gasteiger partial charge in [0.25, 0.3) is 0 Å². The van der Waals surface area contributed by atoms with Crippen molar-refractivity contribution in [3.63, 3.8) is 0 Å². The Hall–Kier alpha value is -0.260. The van der Waals surface area contributed by atoms with E-state index in [1.165, 1.54) is 0 Å². The summed E-state index contributed by atoms with van der Waals surface area (Å²) in [5.41, 5.74) is 5.39. The number of carboxylic acids is 1. The van der Waals surface area contributed by atoms with Crippen molar-refractivity contribution in [1.82, 2.24) is 0 Å². The second-order valence-corrected chi connectivity index (χ2v) is 4.82. The molecular weight excluding hydrogens is 202 g/mol. The molecule has 0 amide bonds. The molecule has 1 rings (SSSR count). The van der Waals surface area contributed by atoms with Gasteiger partial charge in [0.15, 0.2) is 0 Å². The minimum absolute atomic E-state index is 0.553. The van der Waals surface area contributed by atoms with E-state index in [0.717, 1.165) is 31.8 Å². The Morgan fingerprint density at radius 1 is 1.57 bits per heavy atom.